The second-order valence-corrected chi connectivity index (χ2v) is 11.8. The maximum absolute atomic E-state index is 11.4. The number of carbonyl (C=O) groups is 2. The number of esters is 1. The first-order chi connectivity index (χ1) is 24.6. The van der Waals surface area contributed by atoms with E-state index in [0.717, 1.165) is 47.8 Å². The van der Waals surface area contributed by atoms with Crippen LogP contribution in [0.1, 0.15) is 91.0 Å². The molecule has 0 aliphatic rings. The molecular formula is C40H58ClNO9. The van der Waals surface area contributed by atoms with E-state index in [0.29, 0.717) is 30.4 Å². The number of hydrogen-bond donors (Lipinski definition) is 0. The Morgan fingerprint density at radius 1 is 0.961 bits per heavy atom. The average molecular weight is 732 g/mol. The van der Waals surface area contributed by atoms with Gasteiger partial charge in [0.05, 0.1) is 27.4 Å². The van der Waals surface area contributed by atoms with E-state index in [1.165, 1.54) is 19.3 Å². The maximum Gasteiger partial charge on any atom is 0.306 e. The summed E-state index contributed by atoms with van der Waals surface area (Å²) in [5, 5.41) is 9.75. The van der Waals surface area contributed by atoms with E-state index in [9.17, 15) is 19.7 Å². The van der Waals surface area contributed by atoms with Gasteiger partial charge in [0.2, 0.25) is 0 Å². The summed E-state index contributed by atoms with van der Waals surface area (Å²) in [7, 11) is 3.11. The minimum absolute atomic E-state index is 0.0675. The lowest BCUT2D eigenvalue weighted by atomic mass is 9.87. The van der Waals surface area contributed by atoms with E-state index >= 15 is 0 Å². The fourth-order valence-electron chi connectivity index (χ4n) is 4.47. The van der Waals surface area contributed by atoms with Gasteiger partial charge in [-0.3, -0.25) is 4.79 Å². The molecule has 2 aromatic carbocycles. The van der Waals surface area contributed by atoms with E-state index < -0.39 is 11.1 Å². The third kappa shape index (κ3) is 25.3. The van der Waals surface area contributed by atoms with Crippen molar-refractivity contribution >= 4 is 29.9 Å². The van der Waals surface area contributed by atoms with Crippen LogP contribution in [-0.4, -0.2) is 51.4 Å². The zero-order chi connectivity index (χ0) is 38.1. The zero-order valence-corrected chi connectivity index (χ0v) is 32.0. The van der Waals surface area contributed by atoms with Crippen molar-refractivity contribution in [2.45, 2.75) is 85.5 Å². The molecule has 2 atom stereocenters. The number of carbonyl (C=O) groups excluding carboxylic acids is 2. The number of unbranched alkanes of at least 4 members (excludes halogenated alkanes) is 2. The Labute approximate surface area is 309 Å². The quantitative estimate of drug-likeness (QED) is 0.0274. The van der Waals surface area contributed by atoms with Crippen molar-refractivity contribution in [3.63, 3.8) is 0 Å². The van der Waals surface area contributed by atoms with Crippen molar-refractivity contribution in [3.8, 4) is 17.2 Å². The third-order valence-electron chi connectivity index (χ3n) is 7.44. The van der Waals surface area contributed by atoms with E-state index in [4.69, 9.17) is 30.5 Å². The summed E-state index contributed by atoms with van der Waals surface area (Å²) in [4.78, 5) is 35.1. The van der Waals surface area contributed by atoms with E-state index in [2.05, 4.69) is 43.8 Å². The molecule has 0 amide bonds. The van der Waals surface area contributed by atoms with E-state index in [1.807, 2.05) is 43.3 Å². The van der Waals surface area contributed by atoms with Gasteiger partial charge in [-0.1, -0.05) is 87.7 Å². The Morgan fingerprint density at radius 2 is 1.73 bits per heavy atom. The normalized spacial score (nSPS) is 11.9. The Bertz CT molecular complexity index is 1310. The molecule has 0 fully saturated rings. The number of allylic oxidation sites excluding steroid dienone is 3. The van der Waals surface area contributed by atoms with Crippen LogP contribution in [0.15, 0.2) is 72.8 Å². The minimum Gasteiger partial charge on any atom is -0.493 e. The standard InChI is InChI=1S/C18H27ClO.C15H19NO7.C7H12O/c1-4-9-16(15(3)5-2)10-6-7-13-20-18-12-8-11-17(19)14-18;1-20-13-8-7-12(11-14(13)21-2)5-3-9-22-15(17)6-4-10-23-16(18)19;1-2-3-4-5-6-7-8/h6,8,10-12,14-16H,4-5,7,9,13H2,1-3H3;3,5,7-8,11H,4,6,9-10H2,1-2H3;2-3,7H,4-6H2,1H3/b10-6+;5-3+;3-2-. The molecule has 0 bridgehead atoms. The number of nitrogens with zero attached hydrogens (tertiary/aromatic N) is 1. The predicted octanol–water partition coefficient (Wildman–Crippen LogP) is 10.3. The fourth-order valence-corrected chi connectivity index (χ4v) is 4.65. The molecule has 0 aromatic heterocycles. The van der Waals surface area contributed by atoms with Crippen molar-refractivity contribution in [2.24, 2.45) is 11.8 Å². The number of ether oxygens (including phenoxy) is 4. The largest absolute Gasteiger partial charge is 0.493 e. The monoisotopic (exact) mass is 731 g/mol. The summed E-state index contributed by atoms with van der Waals surface area (Å²) in [5.41, 5.74) is 0.873. The Balaban J connectivity index is 0.000000815. The lowest BCUT2D eigenvalue weighted by molar-refractivity contribution is -0.757. The van der Waals surface area contributed by atoms with Gasteiger partial charge in [0, 0.05) is 17.9 Å². The summed E-state index contributed by atoms with van der Waals surface area (Å²) < 4.78 is 21.0. The maximum atomic E-state index is 11.4. The molecule has 10 nitrogen and oxygen atoms in total. The first-order valence-electron chi connectivity index (χ1n) is 17.6. The van der Waals surface area contributed by atoms with Gasteiger partial charge >= 0.3 is 5.97 Å². The molecular weight excluding hydrogens is 674 g/mol. The Kier molecular flexibility index (Phi) is 29.0. The van der Waals surface area contributed by atoms with E-state index in [1.54, 1.807) is 38.5 Å². The molecule has 0 spiro atoms. The summed E-state index contributed by atoms with van der Waals surface area (Å²) >= 11 is 5.92. The zero-order valence-electron chi connectivity index (χ0n) is 31.2. The van der Waals surface area contributed by atoms with Crippen LogP contribution < -0.4 is 14.2 Å². The van der Waals surface area contributed by atoms with Crippen molar-refractivity contribution in [1.82, 2.24) is 0 Å². The van der Waals surface area contributed by atoms with Crippen LogP contribution >= 0.6 is 11.6 Å². The van der Waals surface area contributed by atoms with Gasteiger partial charge in [0.25, 0.3) is 5.09 Å². The molecule has 0 aliphatic heterocycles. The number of halogens is 1. The number of methoxy groups -OCH3 is 2. The summed E-state index contributed by atoms with van der Waals surface area (Å²) in [6.45, 7) is 9.55. The number of benzene rings is 2. The lowest BCUT2D eigenvalue weighted by Crippen LogP contribution is -2.08. The average Bonchev–Trinajstić information content (AvgIpc) is 3.13. The molecule has 2 unspecified atom stereocenters. The molecule has 0 heterocycles. The summed E-state index contributed by atoms with van der Waals surface area (Å²) in [6, 6.07) is 13.0. The molecule has 51 heavy (non-hydrogen) atoms. The second-order valence-electron chi connectivity index (χ2n) is 11.4. The van der Waals surface area contributed by atoms with Crippen LogP contribution in [0.5, 0.6) is 17.2 Å². The van der Waals surface area contributed by atoms with Crippen LogP contribution in [0.4, 0.5) is 0 Å². The molecule has 0 radical (unpaired) electrons. The molecule has 2 rings (SSSR count). The SMILES string of the molecule is C/C=C\CCCC=O.CCCC(/C=C/CCOc1cccc(Cl)c1)C(C)CC.COc1ccc(/C=C/COC(=O)CCCO[N+](=O)[O-])cc1OC. The molecule has 0 aliphatic carbocycles. The Hall–Kier alpha value is -4.31. The highest BCUT2D eigenvalue weighted by molar-refractivity contribution is 6.30. The first kappa shape index (κ1) is 46.7. The predicted molar refractivity (Wildman–Crippen MR) is 205 cm³/mol. The van der Waals surface area contributed by atoms with E-state index in [-0.39, 0.29) is 26.1 Å². The molecule has 2 aromatic rings. The summed E-state index contributed by atoms with van der Waals surface area (Å²) in [5.74, 6) is 3.12. The van der Waals surface area contributed by atoms with Crippen molar-refractivity contribution < 1.29 is 38.5 Å². The van der Waals surface area contributed by atoms with Crippen LogP contribution in [-0.2, 0) is 19.2 Å². The van der Waals surface area contributed by atoms with Gasteiger partial charge in [-0.05, 0) is 92.8 Å². The lowest BCUT2D eigenvalue weighted by Gasteiger charge is -2.18. The van der Waals surface area contributed by atoms with Crippen LogP contribution in [0, 0.1) is 22.0 Å². The second kappa shape index (κ2) is 31.7. The first-order valence-corrected chi connectivity index (χ1v) is 17.9. The molecule has 11 heteroatoms. The molecule has 284 valence electrons. The molecule has 0 saturated carbocycles. The van der Waals surface area contributed by atoms with Gasteiger partial charge in [0.1, 0.15) is 18.6 Å². The third-order valence-corrected chi connectivity index (χ3v) is 7.67. The molecule has 0 N–H and O–H groups in total. The highest BCUT2D eigenvalue weighted by Crippen LogP contribution is 2.28. The number of hydrogen-bond acceptors (Lipinski definition) is 9. The highest BCUT2D eigenvalue weighted by atomic mass is 35.5. The van der Waals surface area contributed by atoms with Gasteiger partial charge in [-0.15, -0.1) is 10.1 Å². The minimum atomic E-state index is -0.892. The highest BCUT2D eigenvalue weighted by Gasteiger charge is 2.11. The smallest absolute Gasteiger partial charge is 0.306 e. The fraction of sp³-hybridized carbons (Fsp3) is 0.500. The van der Waals surface area contributed by atoms with Crippen molar-refractivity contribution in [1.29, 1.82) is 0 Å². The summed E-state index contributed by atoms with van der Waals surface area (Å²) in [6.07, 6.45) is 20.9. The van der Waals surface area contributed by atoms with Crippen LogP contribution in [0.2, 0.25) is 5.02 Å². The van der Waals surface area contributed by atoms with Gasteiger partial charge in [-0.2, -0.15) is 0 Å². The number of aldehydes is 1. The van der Waals surface area contributed by atoms with Gasteiger partial charge in [0.15, 0.2) is 11.5 Å². The van der Waals surface area contributed by atoms with Gasteiger partial charge < -0.3 is 28.6 Å². The Morgan fingerprint density at radius 3 is 2.35 bits per heavy atom. The topological polar surface area (TPSA) is 123 Å². The van der Waals surface area contributed by atoms with Gasteiger partial charge in [-0.25, -0.2) is 0 Å². The van der Waals surface area contributed by atoms with Crippen molar-refractivity contribution in [3.05, 3.63) is 93.5 Å². The number of rotatable bonds is 23. The molecule has 0 saturated heterocycles. The van der Waals surface area contributed by atoms with Crippen LogP contribution in [0.25, 0.3) is 6.08 Å². The van der Waals surface area contributed by atoms with Crippen LogP contribution in [0.3, 0.4) is 0 Å². The van der Waals surface area contributed by atoms with Crippen molar-refractivity contribution in [2.75, 3.05) is 34.0 Å².